The Kier molecular flexibility index (Phi) is 7.85. The molecule has 20 heteroatoms. The molecule has 0 spiro atoms. The van der Waals surface area contributed by atoms with Gasteiger partial charge < -0.3 is 9.97 Å². The lowest BCUT2D eigenvalue weighted by molar-refractivity contribution is 0.481. The van der Waals surface area contributed by atoms with Gasteiger partial charge in [0.1, 0.15) is 22.6 Å². The van der Waals surface area contributed by atoms with Crippen molar-refractivity contribution >= 4 is 85.3 Å². The van der Waals surface area contributed by atoms with Gasteiger partial charge in [-0.15, -0.1) is 0 Å². The number of hydrogen-bond donors (Lipinski definition) is 5. The van der Waals surface area contributed by atoms with E-state index in [1.54, 1.807) is 0 Å². The minimum absolute atomic E-state index is 0.000691. The molecule has 3 aromatic heterocycles. The number of fused-ring (bicyclic) bond motifs is 21. The number of benzene rings is 5. The Morgan fingerprint density at radius 1 is 0.417 bits per heavy atom. The van der Waals surface area contributed by atoms with E-state index in [4.69, 9.17) is 29.9 Å². The lowest BCUT2D eigenvalue weighted by Crippen LogP contribution is -2.10. The number of aromatic nitrogens is 8. The van der Waals surface area contributed by atoms with Crippen LogP contribution < -0.4 is 0 Å². The molecule has 0 radical (unpaired) electrons. The van der Waals surface area contributed by atoms with Crippen LogP contribution in [0.15, 0.2) is 99.6 Å². The summed E-state index contributed by atoms with van der Waals surface area (Å²) in [5, 5.41) is 2.89. The molecule has 0 amide bonds. The molecule has 0 unspecified atom stereocenters. The van der Waals surface area contributed by atoms with Gasteiger partial charge in [-0.1, -0.05) is 39.0 Å². The van der Waals surface area contributed by atoms with Crippen molar-refractivity contribution in [2.24, 2.45) is 0 Å². The molecule has 5 N–H and O–H groups in total. The van der Waals surface area contributed by atoms with Gasteiger partial charge >= 0.3 is 0 Å². The van der Waals surface area contributed by atoms with Crippen molar-refractivity contribution in [3.05, 3.63) is 90.5 Å². The van der Waals surface area contributed by atoms with Crippen molar-refractivity contribution in [2.75, 3.05) is 0 Å². The molecule has 0 aliphatic carbocycles. The van der Waals surface area contributed by atoms with Crippen molar-refractivity contribution < 1.29 is 38.9 Å². The molecule has 0 saturated carbocycles. The highest BCUT2D eigenvalue weighted by molar-refractivity contribution is 7.86. The van der Waals surface area contributed by atoms with Crippen molar-refractivity contribution in [1.82, 2.24) is 39.9 Å². The number of rotatable bonds is 3. The maximum absolute atomic E-state index is 12.4. The van der Waals surface area contributed by atoms with E-state index in [1.165, 1.54) is 54.6 Å². The summed E-state index contributed by atoms with van der Waals surface area (Å²) in [6, 6.07) is 21.4. The van der Waals surface area contributed by atoms with E-state index in [0.717, 1.165) is 16.3 Å². The zero-order valence-electron chi connectivity index (χ0n) is 31.3. The van der Waals surface area contributed by atoms with Gasteiger partial charge in [-0.05, 0) is 88.5 Å². The first-order chi connectivity index (χ1) is 28.2. The van der Waals surface area contributed by atoms with Gasteiger partial charge in [0.15, 0.2) is 23.3 Å². The van der Waals surface area contributed by atoms with E-state index < -0.39 is 45.0 Å². The Morgan fingerprint density at radius 3 is 1.33 bits per heavy atom. The molecular formula is C40H28N8O9S3. The number of aromatic amines is 2. The smallest absolute Gasteiger partial charge is 0.294 e. The second-order valence-corrected chi connectivity index (χ2v) is 19.6. The highest BCUT2D eigenvalue weighted by Crippen LogP contribution is 2.41. The Balaban J connectivity index is 1.39. The van der Waals surface area contributed by atoms with Gasteiger partial charge in [0.25, 0.3) is 30.4 Å². The van der Waals surface area contributed by atoms with E-state index >= 15 is 0 Å². The summed E-state index contributed by atoms with van der Waals surface area (Å²) in [5.74, 6) is 0.356. The van der Waals surface area contributed by atoms with Crippen LogP contribution in [0.25, 0.3) is 100 Å². The Hall–Kier alpha value is -6.55. The summed E-state index contributed by atoms with van der Waals surface area (Å²) in [6.45, 7) is 6.32. The molecule has 0 atom stereocenters. The number of hydrogen-bond acceptors (Lipinski definition) is 12. The summed E-state index contributed by atoms with van der Waals surface area (Å²) in [7, 11) is -14.0. The minimum atomic E-state index is -4.70. The molecule has 8 bridgehead atoms. The second kappa shape index (κ2) is 12.5. The van der Waals surface area contributed by atoms with Crippen LogP contribution in [-0.4, -0.2) is 78.8 Å². The van der Waals surface area contributed by atoms with E-state index in [1.807, 2.05) is 24.3 Å². The van der Waals surface area contributed by atoms with Crippen LogP contribution in [0.2, 0.25) is 0 Å². The SMILES string of the molecule is CC(C)(C)c1ccc2cc3c(cc2c1)-c1nc-3nc2nc(nc3[nH]c(nc4[nH]c(n1)c1cc(S(=O)(=O)O)ccc41)c1ccc(S(=O)(=O)O)cc31)-c1cc(S(=O)(=O)O)ccc1-2. The molecule has 8 aromatic rings. The lowest BCUT2D eigenvalue weighted by atomic mass is 9.85. The van der Waals surface area contributed by atoms with Gasteiger partial charge in [-0.3, -0.25) is 13.7 Å². The second-order valence-electron chi connectivity index (χ2n) is 15.4. The zero-order chi connectivity index (χ0) is 42.3. The average Bonchev–Trinajstić information content (AvgIpc) is 3.90. The minimum Gasteiger partial charge on any atom is -0.324 e. The van der Waals surface area contributed by atoms with Gasteiger partial charge in [0.2, 0.25) is 0 Å². The van der Waals surface area contributed by atoms with E-state index in [9.17, 15) is 38.9 Å². The molecule has 60 heavy (non-hydrogen) atoms. The van der Waals surface area contributed by atoms with Crippen LogP contribution in [0.5, 0.6) is 0 Å². The zero-order valence-corrected chi connectivity index (χ0v) is 33.7. The molecule has 0 fully saturated rings. The summed E-state index contributed by atoms with van der Waals surface area (Å²) >= 11 is 0. The fourth-order valence-electron chi connectivity index (χ4n) is 7.42. The van der Waals surface area contributed by atoms with Gasteiger partial charge in [0.05, 0.1) is 14.7 Å². The molecular weight excluding hydrogens is 833 g/mol. The Morgan fingerprint density at radius 2 is 0.833 bits per heavy atom. The summed E-state index contributed by atoms with van der Waals surface area (Å²) in [4.78, 5) is 33.9. The highest BCUT2D eigenvalue weighted by Gasteiger charge is 2.27. The van der Waals surface area contributed by atoms with E-state index in [2.05, 4.69) is 36.8 Å². The third-order valence-corrected chi connectivity index (χ3v) is 13.0. The Labute approximate surface area is 339 Å². The predicted molar refractivity (Wildman–Crippen MR) is 222 cm³/mol. The first-order valence-electron chi connectivity index (χ1n) is 18.0. The first kappa shape index (κ1) is 37.7. The van der Waals surface area contributed by atoms with Crippen LogP contribution in [0.4, 0.5) is 0 Å². The number of nitrogens with one attached hydrogen (secondary N) is 2. The van der Waals surface area contributed by atoms with Crippen LogP contribution in [0.1, 0.15) is 26.3 Å². The van der Waals surface area contributed by atoms with Crippen molar-refractivity contribution in [3.8, 4) is 45.6 Å². The highest BCUT2D eigenvalue weighted by atomic mass is 32.2. The maximum Gasteiger partial charge on any atom is 0.294 e. The van der Waals surface area contributed by atoms with E-state index in [0.29, 0.717) is 27.5 Å². The molecule has 2 aliphatic heterocycles. The summed E-state index contributed by atoms with van der Waals surface area (Å²) < 4.78 is 104. The molecule has 2 aliphatic rings. The number of H-pyrrole nitrogens is 2. The fraction of sp³-hybridized carbons (Fsp3) is 0.100. The third-order valence-electron chi connectivity index (χ3n) is 10.5. The molecule has 5 heterocycles. The van der Waals surface area contributed by atoms with Crippen LogP contribution in [0, 0.1) is 0 Å². The van der Waals surface area contributed by atoms with Crippen LogP contribution >= 0.6 is 0 Å². The largest absolute Gasteiger partial charge is 0.324 e. The van der Waals surface area contributed by atoms with Crippen LogP contribution in [0.3, 0.4) is 0 Å². The topological polar surface area (TPSA) is 272 Å². The average molecular weight is 861 g/mol. The number of nitrogens with zero attached hydrogens (tertiary/aromatic N) is 6. The molecule has 0 saturated heterocycles. The van der Waals surface area contributed by atoms with Crippen molar-refractivity contribution in [2.45, 2.75) is 40.9 Å². The van der Waals surface area contributed by atoms with Gasteiger partial charge in [-0.25, -0.2) is 29.9 Å². The first-order valence-corrected chi connectivity index (χ1v) is 22.3. The summed E-state index contributed by atoms with van der Waals surface area (Å²) in [5.41, 5.74) is 2.98. The normalized spacial score (nSPS) is 13.2. The predicted octanol–water partition coefficient (Wildman–Crippen LogP) is 7.06. The van der Waals surface area contributed by atoms with Crippen molar-refractivity contribution in [1.29, 1.82) is 0 Å². The lowest BCUT2D eigenvalue weighted by Gasteiger charge is -2.19. The maximum atomic E-state index is 12.4. The van der Waals surface area contributed by atoms with Crippen molar-refractivity contribution in [3.63, 3.8) is 0 Å². The van der Waals surface area contributed by atoms with Crippen LogP contribution in [-0.2, 0) is 35.8 Å². The fourth-order valence-corrected chi connectivity index (χ4v) is 8.94. The quantitative estimate of drug-likeness (QED) is 0.111. The molecule has 5 aromatic carbocycles. The summed E-state index contributed by atoms with van der Waals surface area (Å²) in [6.07, 6.45) is 0. The third kappa shape index (κ3) is 6.19. The molecule has 17 nitrogen and oxygen atoms in total. The monoisotopic (exact) mass is 860 g/mol. The van der Waals surface area contributed by atoms with E-state index in [-0.39, 0.29) is 67.6 Å². The standard InChI is InChI=1S/C40H28N8O9S3/c1-40(2,3)20-5-4-18-13-27-28(14-19(18)12-20)36-46-35(27)42-34-26-11-8-23(60(55,56)57)17-31(26)39(45-34)48-38-30-16-22(59(52,53)54)7-10-25(30)33(44-38)41-32-24-9-6-21(58(49,50)51)15-29(24)37(43-32)47-36/h4-17H,1-3H3,(H,49,50,51)(H,52,53,54)(H,55,56,57)(H2,41,42,43,44,45,46,47,48). The van der Waals surface area contributed by atoms with Gasteiger partial charge in [-0.2, -0.15) is 25.3 Å². The van der Waals surface area contributed by atoms with Gasteiger partial charge in [0, 0.05) is 43.8 Å². The molecule has 300 valence electrons. The molecule has 10 rings (SSSR count). The Bertz CT molecular complexity index is 3800.